The number of pyridine rings is 1. The van der Waals surface area contributed by atoms with Crippen molar-refractivity contribution in [3.63, 3.8) is 0 Å². The Bertz CT molecular complexity index is 517. The first-order valence-electron chi connectivity index (χ1n) is 7.31. The lowest BCUT2D eigenvalue weighted by molar-refractivity contribution is 0.0170. The average Bonchev–Trinajstić information content (AvgIpc) is 2.37. The van der Waals surface area contributed by atoms with Crippen LogP contribution in [0.25, 0.3) is 0 Å². The molecule has 0 N–H and O–H groups in total. The van der Waals surface area contributed by atoms with E-state index in [2.05, 4.69) is 33.9 Å². The summed E-state index contributed by atoms with van der Waals surface area (Å²) >= 11 is 3.43. The summed E-state index contributed by atoms with van der Waals surface area (Å²) in [6, 6.07) is 6.01. The van der Waals surface area contributed by atoms with Crippen LogP contribution in [0.4, 0.5) is 4.79 Å². The number of ether oxygens (including phenoxy) is 1. The molecule has 4 nitrogen and oxygen atoms in total. The topological polar surface area (TPSA) is 42.4 Å². The monoisotopic (exact) mass is 354 g/mol. The molecule has 5 heteroatoms. The number of carbonyl (C=O) groups excluding carboxylic acids is 1. The summed E-state index contributed by atoms with van der Waals surface area (Å²) in [5.74, 6) is 0. The number of nitrogens with zero attached hydrogens (tertiary/aromatic N) is 2. The number of hydrogen-bond acceptors (Lipinski definition) is 3. The lowest BCUT2D eigenvalue weighted by Gasteiger charge is -2.39. The number of likely N-dealkylation sites (tertiary alicyclic amines) is 1. The SMILES string of the molecule is CC(C)(C)OC(=O)N1CCC(C)(c2cccc(Br)n2)CC1. The normalized spacial score (nSPS) is 18.4. The summed E-state index contributed by atoms with van der Waals surface area (Å²) in [6.07, 6.45) is 1.58. The first-order chi connectivity index (χ1) is 9.70. The number of rotatable bonds is 1. The summed E-state index contributed by atoms with van der Waals surface area (Å²) < 4.78 is 6.29. The number of aromatic nitrogens is 1. The van der Waals surface area contributed by atoms with Crippen molar-refractivity contribution in [1.29, 1.82) is 0 Å². The Morgan fingerprint density at radius 3 is 2.48 bits per heavy atom. The van der Waals surface area contributed by atoms with Gasteiger partial charge < -0.3 is 9.64 Å². The molecule has 1 amide bonds. The Labute approximate surface area is 135 Å². The second-order valence-corrected chi connectivity index (χ2v) is 7.69. The summed E-state index contributed by atoms with van der Waals surface area (Å²) in [4.78, 5) is 18.5. The van der Waals surface area contributed by atoms with Crippen LogP contribution in [-0.4, -0.2) is 34.7 Å². The molecular weight excluding hydrogens is 332 g/mol. The fourth-order valence-electron chi connectivity index (χ4n) is 2.51. The standard InChI is InChI=1S/C16H23BrN2O2/c1-15(2,3)21-14(20)19-10-8-16(4,9-11-19)12-6-5-7-13(17)18-12/h5-7H,8-11H2,1-4H3. The maximum atomic E-state index is 12.1. The minimum Gasteiger partial charge on any atom is -0.444 e. The van der Waals surface area contributed by atoms with Gasteiger partial charge in [0, 0.05) is 24.2 Å². The molecule has 0 atom stereocenters. The third kappa shape index (κ3) is 4.19. The molecule has 2 heterocycles. The smallest absolute Gasteiger partial charge is 0.410 e. The molecular formula is C16H23BrN2O2. The van der Waals surface area contributed by atoms with E-state index in [1.54, 1.807) is 4.90 Å². The van der Waals surface area contributed by atoms with Crippen molar-refractivity contribution in [3.05, 3.63) is 28.5 Å². The number of carbonyl (C=O) groups is 1. The van der Waals surface area contributed by atoms with Gasteiger partial charge in [0.2, 0.25) is 0 Å². The number of amides is 1. The second kappa shape index (κ2) is 5.95. The van der Waals surface area contributed by atoms with E-state index in [1.165, 1.54) is 0 Å². The molecule has 1 aliphatic rings. The van der Waals surface area contributed by atoms with Gasteiger partial charge in [-0.2, -0.15) is 0 Å². The summed E-state index contributed by atoms with van der Waals surface area (Å²) in [7, 11) is 0. The zero-order valence-electron chi connectivity index (χ0n) is 13.1. The van der Waals surface area contributed by atoms with Crippen molar-refractivity contribution in [2.24, 2.45) is 0 Å². The molecule has 1 aromatic heterocycles. The average molecular weight is 355 g/mol. The Morgan fingerprint density at radius 1 is 1.33 bits per heavy atom. The predicted molar refractivity (Wildman–Crippen MR) is 86.3 cm³/mol. The lowest BCUT2D eigenvalue weighted by atomic mass is 9.77. The van der Waals surface area contributed by atoms with E-state index in [4.69, 9.17) is 4.74 Å². The van der Waals surface area contributed by atoms with Crippen LogP contribution in [0.15, 0.2) is 22.8 Å². The third-order valence-electron chi connectivity index (χ3n) is 3.85. The molecule has 0 radical (unpaired) electrons. The number of halogens is 1. The number of hydrogen-bond donors (Lipinski definition) is 0. The van der Waals surface area contributed by atoms with Crippen LogP contribution < -0.4 is 0 Å². The molecule has 2 rings (SSSR count). The van der Waals surface area contributed by atoms with Crippen LogP contribution in [0.5, 0.6) is 0 Å². The fraction of sp³-hybridized carbons (Fsp3) is 0.625. The van der Waals surface area contributed by atoms with Gasteiger partial charge in [-0.15, -0.1) is 0 Å². The maximum absolute atomic E-state index is 12.1. The van der Waals surface area contributed by atoms with Gasteiger partial charge in [0.15, 0.2) is 0 Å². The van der Waals surface area contributed by atoms with Crippen LogP contribution in [-0.2, 0) is 10.2 Å². The van der Waals surface area contributed by atoms with Crippen molar-refractivity contribution in [3.8, 4) is 0 Å². The molecule has 116 valence electrons. The molecule has 1 aromatic rings. The summed E-state index contributed by atoms with van der Waals surface area (Å²) in [5, 5.41) is 0. The zero-order chi connectivity index (χ0) is 15.7. The molecule has 0 aliphatic carbocycles. The van der Waals surface area contributed by atoms with Crippen LogP contribution in [0.2, 0.25) is 0 Å². The highest BCUT2D eigenvalue weighted by Crippen LogP contribution is 2.34. The Hall–Kier alpha value is -1.10. The van der Waals surface area contributed by atoms with Crippen molar-refractivity contribution in [2.75, 3.05) is 13.1 Å². The van der Waals surface area contributed by atoms with E-state index in [1.807, 2.05) is 32.9 Å². The quantitative estimate of drug-likeness (QED) is 0.712. The minimum atomic E-state index is -0.441. The Morgan fingerprint density at radius 2 is 1.95 bits per heavy atom. The molecule has 0 saturated carbocycles. The predicted octanol–water partition coefficient (Wildman–Crippen LogP) is 4.13. The Kier molecular flexibility index (Phi) is 4.61. The van der Waals surface area contributed by atoms with Gasteiger partial charge in [-0.05, 0) is 61.7 Å². The van der Waals surface area contributed by atoms with Gasteiger partial charge in [0.05, 0.1) is 0 Å². The van der Waals surface area contributed by atoms with Gasteiger partial charge in [-0.3, -0.25) is 0 Å². The van der Waals surface area contributed by atoms with Gasteiger partial charge in [-0.25, -0.2) is 9.78 Å². The highest BCUT2D eigenvalue weighted by molar-refractivity contribution is 9.10. The van der Waals surface area contributed by atoms with E-state index in [0.717, 1.165) is 23.1 Å². The summed E-state index contributed by atoms with van der Waals surface area (Å²) in [6.45, 7) is 9.31. The van der Waals surface area contributed by atoms with E-state index < -0.39 is 5.60 Å². The van der Waals surface area contributed by atoms with E-state index in [9.17, 15) is 4.79 Å². The van der Waals surface area contributed by atoms with E-state index >= 15 is 0 Å². The first kappa shape index (κ1) is 16.3. The van der Waals surface area contributed by atoms with Crippen molar-refractivity contribution in [2.45, 2.75) is 51.6 Å². The van der Waals surface area contributed by atoms with Crippen molar-refractivity contribution >= 4 is 22.0 Å². The molecule has 0 unspecified atom stereocenters. The second-order valence-electron chi connectivity index (χ2n) is 6.87. The summed E-state index contributed by atoms with van der Waals surface area (Å²) in [5.41, 5.74) is 0.659. The lowest BCUT2D eigenvalue weighted by Crippen LogP contribution is -2.46. The van der Waals surface area contributed by atoms with Crippen molar-refractivity contribution in [1.82, 2.24) is 9.88 Å². The van der Waals surface area contributed by atoms with Gasteiger partial charge in [0.25, 0.3) is 0 Å². The van der Waals surface area contributed by atoms with Crippen LogP contribution in [0.3, 0.4) is 0 Å². The number of piperidine rings is 1. The Balaban J connectivity index is 2.01. The van der Waals surface area contributed by atoms with Gasteiger partial charge in [-0.1, -0.05) is 13.0 Å². The van der Waals surface area contributed by atoms with Crippen LogP contribution >= 0.6 is 15.9 Å². The molecule has 1 saturated heterocycles. The molecule has 0 aromatic carbocycles. The maximum Gasteiger partial charge on any atom is 0.410 e. The van der Waals surface area contributed by atoms with Gasteiger partial charge >= 0.3 is 6.09 Å². The molecule has 0 spiro atoms. The first-order valence-corrected chi connectivity index (χ1v) is 8.10. The zero-order valence-corrected chi connectivity index (χ0v) is 14.7. The molecule has 21 heavy (non-hydrogen) atoms. The van der Waals surface area contributed by atoms with Crippen molar-refractivity contribution < 1.29 is 9.53 Å². The molecule has 0 bridgehead atoms. The third-order valence-corrected chi connectivity index (χ3v) is 4.29. The van der Waals surface area contributed by atoms with E-state index in [-0.39, 0.29) is 11.5 Å². The van der Waals surface area contributed by atoms with Crippen LogP contribution in [0, 0.1) is 0 Å². The van der Waals surface area contributed by atoms with E-state index in [0.29, 0.717) is 13.1 Å². The molecule has 1 aliphatic heterocycles. The largest absolute Gasteiger partial charge is 0.444 e. The van der Waals surface area contributed by atoms with Crippen LogP contribution in [0.1, 0.15) is 46.2 Å². The molecule has 1 fully saturated rings. The van der Waals surface area contributed by atoms with Gasteiger partial charge in [0.1, 0.15) is 10.2 Å². The minimum absolute atomic E-state index is 0.0162. The fourth-order valence-corrected chi connectivity index (χ4v) is 2.85. The highest BCUT2D eigenvalue weighted by atomic mass is 79.9. The highest BCUT2D eigenvalue weighted by Gasteiger charge is 2.35.